The Morgan fingerprint density at radius 3 is 2.70 bits per heavy atom. The first-order valence-corrected chi connectivity index (χ1v) is 6.42. The maximum absolute atomic E-state index is 11.9. The molecule has 0 unspecified atom stereocenters. The predicted molar refractivity (Wildman–Crippen MR) is 76.4 cm³/mol. The molecule has 0 atom stereocenters. The molecule has 1 heterocycles. The minimum absolute atomic E-state index is 0.0500. The van der Waals surface area contributed by atoms with E-state index in [2.05, 4.69) is 4.98 Å². The Balaban J connectivity index is 2.61. The minimum atomic E-state index is -1.02. The summed E-state index contributed by atoms with van der Waals surface area (Å²) in [5, 5.41) is 9.69. The van der Waals surface area contributed by atoms with Crippen molar-refractivity contribution in [3.63, 3.8) is 0 Å². The summed E-state index contributed by atoms with van der Waals surface area (Å²) >= 11 is 0. The van der Waals surface area contributed by atoms with Crippen molar-refractivity contribution in [1.29, 1.82) is 0 Å². The maximum atomic E-state index is 11.9. The number of benzene rings is 1. The average Bonchev–Trinajstić information content (AvgIpc) is 2.34. The second-order valence-electron chi connectivity index (χ2n) is 5.00. The fourth-order valence-electron chi connectivity index (χ4n) is 2.18. The molecule has 0 spiro atoms. The summed E-state index contributed by atoms with van der Waals surface area (Å²) in [5.41, 5.74) is 1.29. The third kappa shape index (κ3) is 2.82. The zero-order chi connectivity index (χ0) is 14.9. The van der Waals surface area contributed by atoms with E-state index in [9.17, 15) is 9.59 Å². The number of pyridine rings is 1. The lowest BCUT2D eigenvalue weighted by atomic mass is 10.0. The minimum Gasteiger partial charge on any atom is -0.491 e. The summed E-state index contributed by atoms with van der Waals surface area (Å²) in [5.74, 6) is -0.323. The van der Waals surface area contributed by atoms with Crippen LogP contribution in [0.5, 0.6) is 5.75 Å². The summed E-state index contributed by atoms with van der Waals surface area (Å²) < 4.78 is 5.62. The number of H-pyrrole nitrogens is 1. The standard InChI is InChI=1S/C15H17NO4/c1-8(2)20-10-4-5-13-11(6-10)9(3)12(7-14(17)18)15(19)16-13/h4-6,8H,7H2,1-3H3,(H,16,19)(H,17,18). The Morgan fingerprint density at radius 1 is 1.40 bits per heavy atom. The first-order valence-electron chi connectivity index (χ1n) is 6.42. The smallest absolute Gasteiger partial charge is 0.308 e. The van der Waals surface area contributed by atoms with Crippen LogP contribution >= 0.6 is 0 Å². The predicted octanol–water partition coefficient (Wildman–Crippen LogP) is 2.25. The van der Waals surface area contributed by atoms with Crippen LogP contribution in [-0.4, -0.2) is 22.2 Å². The van der Waals surface area contributed by atoms with Crippen molar-refractivity contribution in [3.8, 4) is 5.75 Å². The third-order valence-corrected chi connectivity index (χ3v) is 3.07. The number of rotatable bonds is 4. The normalized spacial score (nSPS) is 11.0. The van der Waals surface area contributed by atoms with Gasteiger partial charge in [0.15, 0.2) is 0 Å². The van der Waals surface area contributed by atoms with Gasteiger partial charge in [0.25, 0.3) is 5.56 Å². The first-order chi connectivity index (χ1) is 9.38. The van der Waals surface area contributed by atoms with E-state index in [1.165, 1.54) is 0 Å². The van der Waals surface area contributed by atoms with Crippen LogP contribution in [0.4, 0.5) is 0 Å². The van der Waals surface area contributed by atoms with Gasteiger partial charge in [-0.3, -0.25) is 9.59 Å². The molecule has 0 bridgehead atoms. The van der Waals surface area contributed by atoms with Gasteiger partial charge in [0.05, 0.1) is 12.5 Å². The second-order valence-corrected chi connectivity index (χ2v) is 5.00. The quantitative estimate of drug-likeness (QED) is 0.897. The molecule has 0 amide bonds. The van der Waals surface area contributed by atoms with Gasteiger partial charge in [0, 0.05) is 16.5 Å². The summed E-state index contributed by atoms with van der Waals surface area (Å²) in [6, 6.07) is 5.38. The Morgan fingerprint density at radius 2 is 2.10 bits per heavy atom. The number of hydrogen-bond donors (Lipinski definition) is 2. The Kier molecular flexibility index (Phi) is 3.79. The van der Waals surface area contributed by atoms with Gasteiger partial charge in [-0.25, -0.2) is 0 Å². The van der Waals surface area contributed by atoms with Crippen LogP contribution < -0.4 is 10.3 Å². The van der Waals surface area contributed by atoms with Crippen molar-refractivity contribution < 1.29 is 14.6 Å². The van der Waals surface area contributed by atoms with E-state index >= 15 is 0 Å². The lowest BCUT2D eigenvalue weighted by molar-refractivity contribution is -0.136. The molecule has 0 saturated carbocycles. The Hall–Kier alpha value is -2.30. The van der Waals surface area contributed by atoms with E-state index in [1.807, 2.05) is 19.9 Å². The van der Waals surface area contributed by atoms with Crippen molar-refractivity contribution in [2.75, 3.05) is 0 Å². The molecule has 5 heteroatoms. The second kappa shape index (κ2) is 5.36. The molecule has 0 aliphatic carbocycles. The lowest BCUT2D eigenvalue weighted by Gasteiger charge is -2.12. The van der Waals surface area contributed by atoms with Gasteiger partial charge in [-0.05, 0) is 44.5 Å². The summed E-state index contributed by atoms with van der Waals surface area (Å²) in [6.07, 6.45) is -0.235. The highest BCUT2D eigenvalue weighted by Gasteiger charge is 2.13. The van der Waals surface area contributed by atoms with Crippen molar-refractivity contribution in [3.05, 3.63) is 39.7 Å². The van der Waals surface area contributed by atoms with Gasteiger partial charge in [-0.2, -0.15) is 0 Å². The number of aliphatic carboxylic acids is 1. The van der Waals surface area contributed by atoms with Crippen molar-refractivity contribution in [2.45, 2.75) is 33.3 Å². The van der Waals surface area contributed by atoms with Crippen LogP contribution in [0, 0.1) is 6.92 Å². The fourth-order valence-corrected chi connectivity index (χ4v) is 2.18. The molecule has 0 radical (unpaired) electrons. The number of ether oxygens (including phenoxy) is 1. The van der Waals surface area contributed by atoms with Gasteiger partial charge in [0.1, 0.15) is 5.75 Å². The number of aromatic nitrogens is 1. The van der Waals surface area contributed by atoms with Crippen LogP contribution in [0.25, 0.3) is 10.9 Å². The van der Waals surface area contributed by atoms with Crippen LogP contribution in [0.15, 0.2) is 23.0 Å². The number of carboxylic acids is 1. The highest BCUT2D eigenvalue weighted by Crippen LogP contribution is 2.24. The summed E-state index contributed by atoms with van der Waals surface area (Å²) in [6.45, 7) is 5.62. The number of aryl methyl sites for hydroxylation is 1. The zero-order valence-electron chi connectivity index (χ0n) is 11.7. The number of carboxylic acid groups (broad SMARTS) is 1. The van der Waals surface area contributed by atoms with Gasteiger partial charge in [0.2, 0.25) is 0 Å². The molecule has 2 aromatic rings. The SMILES string of the molecule is Cc1c(CC(=O)O)c(=O)[nH]c2ccc(OC(C)C)cc12. The lowest BCUT2D eigenvalue weighted by Crippen LogP contribution is -2.18. The van der Waals surface area contributed by atoms with E-state index in [-0.39, 0.29) is 23.6 Å². The summed E-state index contributed by atoms with van der Waals surface area (Å²) in [7, 11) is 0. The first kappa shape index (κ1) is 14.1. The van der Waals surface area contributed by atoms with Gasteiger partial charge >= 0.3 is 5.97 Å². The van der Waals surface area contributed by atoms with E-state index in [4.69, 9.17) is 9.84 Å². The fraction of sp³-hybridized carbons (Fsp3) is 0.333. The van der Waals surface area contributed by atoms with Gasteiger partial charge < -0.3 is 14.8 Å². The van der Waals surface area contributed by atoms with Crippen LogP contribution in [0.2, 0.25) is 0 Å². The van der Waals surface area contributed by atoms with Crippen LogP contribution in [-0.2, 0) is 11.2 Å². The number of nitrogens with one attached hydrogen (secondary N) is 1. The van der Waals surface area contributed by atoms with Crippen LogP contribution in [0.3, 0.4) is 0 Å². The molecule has 1 aromatic heterocycles. The van der Waals surface area contributed by atoms with E-state index < -0.39 is 5.97 Å². The molecule has 20 heavy (non-hydrogen) atoms. The Labute approximate surface area is 116 Å². The largest absolute Gasteiger partial charge is 0.491 e. The molecular formula is C15H17NO4. The number of hydrogen-bond acceptors (Lipinski definition) is 3. The summed E-state index contributed by atoms with van der Waals surface area (Å²) in [4.78, 5) is 25.5. The highest BCUT2D eigenvalue weighted by atomic mass is 16.5. The molecule has 2 rings (SSSR count). The molecule has 1 aromatic carbocycles. The monoisotopic (exact) mass is 275 g/mol. The number of fused-ring (bicyclic) bond motifs is 1. The number of carbonyl (C=O) groups is 1. The molecule has 2 N–H and O–H groups in total. The molecule has 106 valence electrons. The molecule has 0 fully saturated rings. The Bertz CT molecular complexity index is 716. The molecular weight excluding hydrogens is 258 g/mol. The third-order valence-electron chi connectivity index (χ3n) is 3.07. The molecule has 0 aliphatic heterocycles. The zero-order valence-corrected chi connectivity index (χ0v) is 11.7. The van der Waals surface area contributed by atoms with E-state index in [0.29, 0.717) is 16.8 Å². The highest BCUT2D eigenvalue weighted by molar-refractivity contribution is 5.85. The van der Waals surface area contributed by atoms with Crippen molar-refractivity contribution in [2.24, 2.45) is 0 Å². The van der Waals surface area contributed by atoms with Crippen molar-refractivity contribution in [1.82, 2.24) is 4.98 Å². The molecule has 0 aliphatic rings. The average molecular weight is 275 g/mol. The van der Waals surface area contributed by atoms with Gasteiger partial charge in [-0.1, -0.05) is 0 Å². The van der Waals surface area contributed by atoms with E-state index in [0.717, 1.165) is 5.39 Å². The van der Waals surface area contributed by atoms with E-state index in [1.54, 1.807) is 19.1 Å². The maximum Gasteiger partial charge on any atom is 0.308 e. The topological polar surface area (TPSA) is 79.4 Å². The van der Waals surface area contributed by atoms with Crippen molar-refractivity contribution >= 4 is 16.9 Å². The van der Waals surface area contributed by atoms with Gasteiger partial charge in [-0.15, -0.1) is 0 Å². The number of aromatic amines is 1. The van der Waals surface area contributed by atoms with Crippen LogP contribution in [0.1, 0.15) is 25.0 Å². The molecule has 0 saturated heterocycles. The molecule has 5 nitrogen and oxygen atoms in total.